The fraction of sp³-hybridized carbons (Fsp3) is 0.333. The van der Waals surface area contributed by atoms with Crippen LogP contribution in [-0.2, 0) is 6.42 Å². The van der Waals surface area contributed by atoms with E-state index >= 15 is 0 Å². The molecule has 0 unspecified atom stereocenters. The average molecular weight is 171 g/mol. The van der Waals surface area contributed by atoms with Gasteiger partial charge in [0.25, 0.3) is 0 Å². The molecule has 0 aromatic heterocycles. The molecule has 0 fully saturated rings. The van der Waals surface area contributed by atoms with Gasteiger partial charge in [-0.2, -0.15) is 0 Å². The van der Waals surface area contributed by atoms with Gasteiger partial charge < -0.3 is 5.73 Å². The first-order valence-electron chi connectivity index (χ1n) is 3.79. The van der Waals surface area contributed by atoms with Crippen LogP contribution in [0.25, 0.3) is 0 Å². The molecule has 0 aliphatic carbocycles. The molecule has 12 heavy (non-hydrogen) atoms. The molecule has 2 N–H and O–H groups in total. The van der Waals surface area contributed by atoms with Crippen LogP contribution in [0.5, 0.6) is 0 Å². The Kier molecular flexibility index (Phi) is 2.76. The van der Waals surface area contributed by atoms with Gasteiger partial charge >= 0.3 is 0 Å². The first kappa shape index (κ1) is 9.13. The quantitative estimate of drug-likeness (QED) is 0.722. The van der Waals surface area contributed by atoms with Gasteiger partial charge in [0.1, 0.15) is 0 Å². The van der Waals surface area contributed by atoms with Crippen LogP contribution >= 0.6 is 0 Å². The zero-order valence-electron chi connectivity index (χ0n) is 6.85. The molecule has 0 heterocycles. The minimum atomic E-state index is -0.816. The number of halogens is 2. The standard InChI is InChI=1S/C9H11F2N/c1-6(12)4-7-2-3-8(10)9(11)5-7/h2-3,5-6H,4,12H2,1H3/t6-/m1/s1. The molecule has 0 amide bonds. The lowest BCUT2D eigenvalue weighted by Crippen LogP contribution is -2.17. The Hall–Kier alpha value is -0.960. The van der Waals surface area contributed by atoms with Crippen molar-refractivity contribution in [1.29, 1.82) is 0 Å². The lowest BCUT2D eigenvalue weighted by molar-refractivity contribution is 0.506. The summed E-state index contributed by atoms with van der Waals surface area (Å²) >= 11 is 0. The van der Waals surface area contributed by atoms with Crippen molar-refractivity contribution in [2.75, 3.05) is 0 Å². The van der Waals surface area contributed by atoms with Crippen LogP contribution in [-0.4, -0.2) is 6.04 Å². The van der Waals surface area contributed by atoms with E-state index in [-0.39, 0.29) is 6.04 Å². The minimum absolute atomic E-state index is 0.0325. The molecular formula is C9H11F2N. The van der Waals surface area contributed by atoms with E-state index in [9.17, 15) is 8.78 Å². The number of rotatable bonds is 2. The number of hydrogen-bond donors (Lipinski definition) is 1. The predicted octanol–water partition coefficient (Wildman–Crippen LogP) is 1.85. The highest BCUT2D eigenvalue weighted by molar-refractivity contribution is 5.18. The van der Waals surface area contributed by atoms with Gasteiger partial charge in [-0.1, -0.05) is 6.07 Å². The van der Waals surface area contributed by atoms with E-state index in [1.807, 2.05) is 6.92 Å². The summed E-state index contributed by atoms with van der Waals surface area (Å²) in [6, 6.07) is 3.81. The van der Waals surface area contributed by atoms with Gasteiger partial charge in [-0.25, -0.2) is 8.78 Å². The van der Waals surface area contributed by atoms with Crippen molar-refractivity contribution in [3.05, 3.63) is 35.4 Å². The SMILES string of the molecule is C[C@@H](N)Cc1ccc(F)c(F)c1. The van der Waals surface area contributed by atoms with Crippen LogP contribution in [0.3, 0.4) is 0 Å². The smallest absolute Gasteiger partial charge is 0.159 e. The highest BCUT2D eigenvalue weighted by Crippen LogP contribution is 2.09. The van der Waals surface area contributed by atoms with E-state index in [1.165, 1.54) is 6.07 Å². The van der Waals surface area contributed by atoms with Crippen molar-refractivity contribution in [2.45, 2.75) is 19.4 Å². The Labute approximate surface area is 70.2 Å². The van der Waals surface area contributed by atoms with Gasteiger partial charge in [0, 0.05) is 6.04 Å². The zero-order chi connectivity index (χ0) is 9.14. The molecule has 1 rings (SSSR count). The Morgan fingerprint density at radius 2 is 2.00 bits per heavy atom. The second-order valence-corrected chi connectivity index (χ2v) is 2.93. The molecule has 3 heteroatoms. The van der Waals surface area contributed by atoms with E-state index in [4.69, 9.17) is 5.73 Å². The van der Waals surface area contributed by atoms with Crippen LogP contribution in [0.1, 0.15) is 12.5 Å². The molecule has 0 radical (unpaired) electrons. The summed E-state index contributed by atoms with van der Waals surface area (Å²) in [5.41, 5.74) is 6.22. The maximum absolute atomic E-state index is 12.6. The predicted molar refractivity (Wildman–Crippen MR) is 43.7 cm³/mol. The molecular weight excluding hydrogens is 160 g/mol. The highest BCUT2D eigenvalue weighted by atomic mass is 19.2. The van der Waals surface area contributed by atoms with Crippen molar-refractivity contribution < 1.29 is 8.78 Å². The van der Waals surface area contributed by atoms with Crippen molar-refractivity contribution in [2.24, 2.45) is 5.73 Å². The van der Waals surface area contributed by atoms with E-state index < -0.39 is 11.6 Å². The molecule has 0 spiro atoms. The number of hydrogen-bond acceptors (Lipinski definition) is 1. The van der Waals surface area contributed by atoms with Gasteiger partial charge in [0.05, 0.1) is 0 Å². The van der Waals surface area contributed by atoms with E-state index in [2.05, 4.69) is 0 Å². The van der Waals surface area contributed by atoms with Crippen LogP contribution in [0.4, 0.5) is 8.78 Å². The Morgan fingerprint density at radius 3 is 2.50 bits per heavy atom. The van der Waals surface area contributed by atoms with Gasteiger partial charge in [-0.3, -0.25) is 0 Å². The Bertz CT molecular complexity index is 271. The fourth-order valence-corrected chi connectivity index (χ4v) is 1.04. The van der Waals surface area contributed by atoms with Crippen molar-refractivity contribution >= 4 is 0 Å². The average Bonchev–Trinajstić information content (AvgIpc) is 1.96. The van der Waals surface area contributed by atoms with Crippen LogP contribution in [0.15, 0.2) is 18.2 Å². The van der Waals surface area contributed by atoms with E-state index in [0.29, 0.717) is 6.42 Å². The first-order chi connectivity index (χ1) is 5.59. The summed E-state index contributed by atoms with van der Waals surface area (Å²) in [5, 5.41) is 0. The maximum atomic E-state index is 12.6. The Balaban J connectivity index is 2.82. The third kappa shape index (κ3) is 2.27. The minimum Gasteiger partial charge on any atom is -0.328 e. The van der Waals surface area contributed by atoms with E-state index in [1.54, 1.807) is 6.07 Å². The topological polar surface area (TPSA) is 26.0 Å². The van der Waals surface area contributed by atoms with Crippen LogP contribution in [0.2, 0.25) is 0 Å². The van der Waals surface area contributed by atoms with Crippen LogP contribution in [0, 0.1) is 11.6 Å². The molecule has 1 aromatic carbocycles. The normalized spacial score (nSPS) is 13.0. The summed E-state index contributed by atoms with van der Waals surface area (Å²) in [7, 11) is 0. The van der Waals surface area contributed by atoms with Crippen LogP contribution < -0.4 is 5.73 Å². The lowest BCUT2D eigenvalue weighted by atomic mass is 10.1. The van der Waals surface area contributed by atoms with Gasteiger partial charge in [0.2, 0.25) is 0 Å². The molecule has 0 saturated carbocycles. The number of nitrogens with two attached hydrogens (primary N) is 1. The summed E-state index contributed by atoms with van der Waals surface area (Å²) in [6.45, 7) is 1.82. The molecule has 66 valence electrons. The van der Waals surface area contributed by atoms with Crippen molar-refractivity contribution in [3.63, 3.8) is 0 Å². The Morgan fingerprint density at radius 1 is 1.33 bits per heavy atom. The lowest BCUT2D eigenvalue weighted by Gasteiger charge is -2.04. The molecule has 1 nitrogen and oxygen atoms in total. The first-order valence-corrected chi connectivity index (χ1v) is 3.79. The monoisotopic (exact) mass is 171 g/mol. The summed E-state index contributed by atoms with van der Waals surface area (Å²) in [5.74, 6) is -1.63. The van der Waals surface area contributed by atoms with Gasteiger partial charge in [0.15, 0.2) is 11.6 Å². The zero-order valence-corrected chi connectivity index (χ0v) is 6.85. The van der Waals surface area contributed by atoms with Gasteiger partial charge in [-0.15, -0.1) is 0 Å². The molecule has 0 aliphatic heterocycles. The molecule has 1 atom stereocenters. The molecule has 1 aromatic rings. The highest BCUT2D eigenvalue weighted by Gasteiger charge is 2.03. The summed E-state index contributed by atoms with van der Waals surface area (Å²) in [6.07, 6.45) is 0.567. The number of benzene rings is 1. The molecule has 0 saturated heterocycles. The van der Waals surface area contributed by atoms with E-state index in [0.717, 1.165) is 11.6 Å². The molecule has 0 aliphatic rings. The fourth-order valence-electron chi connectivity index (χ4n) is 1.04. The maximum Gasteiger partial charge on any atom is 0.159 e. The third-order valence-electron chi connectivity index (χ3n) is 1.54. The second kappa shape index (κ2) is 3.63. The van der Waals surface area contributed by atoms with Gasteiger partial charge in [-0.05, 0) is 31.0 Å². The largest absolute Gasteiger partial charge is 0.328 e. The van der Waals surface area contributed by atoms with Crippen molar-refractivity contribution in [3.8, 4) is 0 Å². The summed E-state index contributed by atoms with van der Waals surface area (Å²) < 4.78 is 25.0. The summed E-state index contributed by atoms with van der Waals surface area (Å²) in [4.78, 5) is 0. The second-order valence-electron chi connectivity index (χ2n) is 2.93. The van der Waals surface area contributed by atoms with Crippen molar-refractivity contribution in [1.82, 2.24) is 0 Å². The third-order valence-corrected chi connectivity index (χ3v) is 1.54. The molecule has 0 bridgehead atoms.